The van der Waals surface area contributed by atoms with Gasteiger partial charge in [0.15, 0.2) is 23.6 Å². The molecule has 242 valence electrons. The fraction of sp³-hybridized carbons (Fsp3) is 0.290. The number of hydrogen-bond donors (Lipinski definition) is 4. The SMILES string of the molecule is COC1C(OC(N)=O)C(O)C(Oc2ccc3c(O)c(NC(=O)c4cccc(Oc5ccc(Cl)cc5)n4)c(=O)oc3c2C)OC1(C)C. The lowest BCUT2D eigenvalue weighted by atomic mass is 9.89. The molecule has 2 amide bonds. The number of carbonyl (C=O) groups is 2. The van der Waals surface area contributed by atoms with E-state index in [1.54, 1.807) is 45.0 Å². The van der Waals surface area contributed by atoms with Crippen molar-refractivity contribution in [2.45, 2.75) is 51.0 Å². The summed E-state index contributed by atoms with van der Waals surface area (Å²) >= 11 is 5.90. The average Bonchev–Trinajstić information content (AvgIpc) is 3.00. The molecule has 5 N–H and O–H groups in total. The zero-order valence-electron chi connectivity index (χ0n) is 25.0. The second-order valence-corrected chi connectivity index (χ2v) is 11.2. The second kappa shape index (κ2) is 12.8. The molecule has 0 radical (unpaired) electrons. The Morgan fingerprint density at radius 3 is 2.50 bits per heavy atom. The number of amides is 2. The number of carbonyl (C=O) groups excluding carboxylic acids is 2. The number of aromatic nitrogens is 1. The van der Waals surface area contributed by atoms with E-state index in [-0.39, 0.29) is 33.9 Å². The van der Waals surface area contributed by atoms with Crippen molar-refractivity contribution in [1.29, 1.82) is 0 Å². The highest BCUT2D eigenvalue weighted by molar-refractivity contribution is 6.30. The third kappa shape index (κ3) is 6.55. The number of methoxy groups -OCH3 is 1. The summed E-state index contributed by atoms with van der Waals surface area (Å²) in [4.78, 5) is 41.7. The number of hydrogen-bond acceptors (Lipinski definition) is 12. The first-order valence-corrected chi connectivity index (χ1v) is 14.2. The first-order valence-electron chi connectivity index (χ1n) is 13.8. The molecule has 5 rings (SSSR count). The Kier molecular flexibility index (Phi) is 9.08. The number of ether oxygens (including phenoxy) is 5. The van der Waals surface area contributed by atoms with Gasteiger partial charge in [-0.2, -0.15) is 0 Å². The van der Waals surface area contributed by atoms with Crippen LogP contribution in [0.2, 0.25) is 5.02 Å². The standard InChI is InChI=1S/C31H30ClN3O11/c1-14-19(43-29-23(37)25(45-30(33)40)26(41-4)31(2,3)46-29)13-12-17-22(36)21(28(39)44-24(14)17)35-27(38)18-6-5-7-20(34-18)42-16-10-8-15(32)9-11-16/h5-13,23,25-26,29,36-37H,1-4H3,(H2,33,40)(H,35,38). The Labute approximate surface area is 266 Å². The molecule has 3 heterocycles. The Balaban J connectivity index is 1.39. The van der Waals surface area contributed by atoms with Gasteiger partial charge < -0.3 is 49.4 Å². The molecule has 2 aromatic heterocycles. The van der Waals surface area contributed by atoms with Crippen LogP contribution >= 0.6 is 11.6 Å². The van der Waals surface area contributed by atoms with E-state index in [1.807, 2.05) is 0 Å². The van der Waals surface area contributed by atoms with Crippen LogP contribution in [-0.2, 0) is 14.2 Å². The first kappa shape index (κ1) is 32.5. The molecule has 1 saturated heterocycles. The minimum atomic E-state index is -1.53. The topological polar surface area (TPSA) is 202 Å². The van der Waals surface area contributed by atoms with Crippen molar-refractivity contribution < 1.29 is 47.9 Å². The largest absolute Gasteiger partial charge is 0.505 e. The lowest BCUT2D eigenvalue weighted by Crippen LogP contribution is -2.65. The van der Waals surface area contributed by atoms with Gasteiger partial charge in [0.25, 0.3) is 5.91 Å². The summed E-state index contributed by atoms with van der Waals surface area (Å²) in [6.45, 7) is 4.85. The monoisotopic (exact) mass is 655 g/mol. The number of aromatic hydroxyl groups is 1. The van der Waals surface area contributed by atoms with Crippen LogP contribution in [0.1, 0.15) is 29.9 Å². The lowest BCUT2D eigenvalue weighted by molar-refractivity contribution is -0.304. The van der Waals surface area contributed by atoms with Crippen molar-refractivity contribution in [3.8, 4) is 23.1 Å². The second-order valence-electron chi connectivity index (χ2n) is 10.8. The third-order valence-corrected chi connectivity index (χ3v) is 7.50. The molecule has 2 aromatic carbocycles. The van der Waals surface area contributed by atoms with Crippen molar-refractivity contribution in [2.24, 2.45) is 5.73 Å². The Hall–Kier alpha value is -4.89. The Bertz CT molecular complexity index is 1840. The molecule has 4 unspecified atom stereocenters. The van der Waals surface area contributed by atoms with Gasteiger partial charge in [-0.25, -0.2) is 14.6 Å². The minimum Gasteiger partial charge on any atom is -0.505 e. The van der Waals surface area contributed by atoms with Crippen LogP contribution in [0.15, 0.2) is 63.8 Å². The summed E-state index contributed by atoms with van der Waals surface area (Å²) in [5.74, 6) is -0.716. The van der Waals surface area contributed by atoms with Gasteiger partial charge in [-0.1, -0.05) is 17.7 Å². The molecule has 15 heteroatoms. The normalized spacial score (nSPS) is 20.6. The molecule has 0 bridgehead atoms. The summed E-state index contributed by atoms with van der Waals surface area (Å²) in [6, 6.07) is 13.8. The zero-order chi connectivity index (χ0) is 33.3. The first-order chi connectivity index (χ1) is 21.8. The number of benzene rings is 2. The summed E-state index contributed by atoms with van der Waals surface area (Å²) in [6.07, 6.45) is -6.14. The van der Waals surface area contributed by atoms with Gasteiger partial charge in [0.05, 0.1) is 11.0 Å². The molecule has 4 aromatic rings. The van der Waals surface area contributed by atoms with Gasteiger partial charge >= 0.3 is 11.7 Å². The van der Waals surface area contributed by atoms with Crippen LogP contribution in [0.3, 0.4) is 0 Å². The van der Waals surface area contributed by atoms with Gasteiger partial charge in [-0.15, -0.1) is 0 Å². The van der Waals surface area contributed by atoms with E-state index in [0.717, 1.165) is 0 Å². The lowest BCUT2D eigenvalue weighted by Gasteiger charge is -2.47. The van der Waals surface area contributed by atoms with E-state index in [1.165, 1.54) is 37.4 Å². The number of aliphatic hydroxyl groups excluding tert-OH is 1. The van der Waals surface area contributed by atoms with Gasteiger partial charge in [0, 0.05) is 23.8 Å². The van der Waals surface area contributed by atoms with Crippen molar-refractivity contribution in [1.82, 2.24) is 4.98 Å². The number of rotatable bonds is 8. The number of aryl methyl sites for hydroxylation is 1. The van der Waals surface area contributed by atoms with Crippen molar-refractivity contribution >= 4 is 40.3 Å². The van der Waals surface area contributed by atoms with Crippen LogP contribution in [-0.4, -0.2) is 64.5 Å². The van der Waals surface area contributed by atoms with Gasteiger partial charge in [-0.05, 0) is 63.2 Å². The number of pyridine rings is 1. The van der Waals surface area contributed by atoms with Crippen LogP contribution in [0, 0.1) is 6.92 Å². The number of anilines is 1. The van der Waals surface area contributed by atoms with Crippen LogP contribution < -0.4 is 26.1 Å². The number of nitrogens with zero attached hydrogens (tertiary/aromatic N) is 1. The summed E-state index contributed by atoms with van der Waals surface area (Å²) in [5.41, 5.74) is 2.63. The quantitative estimate of drug-likeness (QED) is 0.197. The van der Waals surface area contributed by atoms with Crippen molar-refractivity contribution in [2.75, 3.05) is 12.4 Å². The van der Waals surface area contributed by atoms with E-state index < -0.39 is 59.3 Å². The predicted molar refractivity (Wildman–Crippen MR) is 163 cm³/mol. The molecule has 1 aliphatic rings. The average molecular weight is 656 g/mol. The third-order valence-electron chi connectivity index (χ3n) is 7.25. The summed E-state index contributed by atoms with van der Waals surface area (Å²) in [5, 5.41) is 24.9. The van der Waals surface area contributed by atoms with E-state index >= 15 is 0 Å². The Morgan fingerprint density at radius 1 is 1.11 bits per heavy atom. The van der Waals surface area contributed by atoms with Crippen LogP contribution in [0.25, 0.3) is 11.0 Å². The van der Waals surface area contributed by atoms with Crippen LogP contribution in [0.4, 0.5) is 10.5 Å². The van der Waals surface area contributed by atoms with Crippen molar-refractivity contribution in [3.05, 3.63) is 81.3 Å². The number of primary amides is 1. The van der Waals surface area contributed by atoms with Gasteiger partial charge in [0.1, 0.15) is 28.9 Å². The maximum atomic E-state index is 13.0. The molecule has 1 fully saturated rings. The minimum absolute atomic E-state index is 0.0567. The van der Waals surface area contributed by atoms with E-state index in [0.29, 0.717) is 10.8 Å². The summed E-state index contributed by atoms with van der Waals surface area (Å²) < 4.78 is 33.5. The van der Waals surface area contributed by atoms with E-state index in [2.05, 4.69) is 10.3 Å². The van der Waals surface area contributed by atoms with Crippen LogP contribution in [0.5, 0.6) is 23.1 Å². The van der Waals surface area contributed by atoms with Gasteiger partial charge in [-0.3, -0.25) is 4.79 Å². The van der Waals surface area contributed by atoms with Gasteiger partial charge in [0.2, 0.25) is 12.2 Å². The maximum absolute atomic E-state index is 13.0. The van der Waals surface area contributed by atoms with E-state index in [9.17, 15) is 24.6 Å². The number of halogens is 1. The highest BCUT2D eigenvalue weighted by atomic mass is 35.5. The van der Waals surface area contributed by atoms with E-state index in [4.69, 9.17) is 45.4 Å². The summed E-state index contributed by atoms with van der Waals surface area (Å²) in [7, 11) is 1.37. The van der Waals surface area contributed by atoms with Crippen molar-refractivity contribution in [3.63, 3.8) is 0 Å². The molecule has 0 aliphatic carbocycles. The molecule has 1 aliphatic heterocycles. The fourth-order valence-electron chi connectivity index (χ4n) is 5.07. The highest BCUT2D eigenvalue weighted by Gasteiger charge is 2.53. The fourth-order valence-corrected chi connectivity index (χ4v) is 5.20. The molecule has 4 atom stereocenters. The highest BCUT2D eigenvalue weighted by Crippen LogP contribution is 2.38. The predicted octanol–water partition coefficient (Wildman–Crippen LogP) is 4.25. The molecule has 0 spiro atoms. The number of fused-ring (bicyclic) bond motifs is 1. The molecular weight excluding hydrogens is 626 g/mol. The zero-order valence-corrected chi connectivity index (χ0v) is 25.7. The molecule has 46 heavy (non-hydrogen) atoms. The Morgan fingerprint density at radius 2 is 1.83 bits per heavy atom. The number of aliphatic hydroxyl groups is 1. The molecule has 0 saturated carbocycles. The number of nitrogens with one attached hydrogen (secondary N) is 1. The molecule has 14 nitrogen and oxygen atoms in total. The molecular formula is C31H30ClN3O11. The number of nitrogens with two attached hydrogens (primary N) is 1. The maximum Gasteiger partial charge on any atom is 0.404 e. The smallest absolute Gasteiger partial charge is 0.404 e.